The van der Waals surface area contributed by atoms with Gasteiger partial charge in [0, 0.05) is 45.8 Å². The molecule has 0 aromatic heterocycles. The number of hydrogen-bond donors (Lipinski definition) is 1. The van der Waals surface area contributed by atoms with E-state index in [1.54, 1.807) is 0 Å². The highest BCUT2D eigenvalue weighted by molar-refractivity contribution is 4.78. The van der Waals surface area contributed by atoms with Crippen molar-refractivity contribution >= 4 is 0 Å². The molecule has 0 aromatic carbocycles. The van der Waals surface area contributed by atoms with E-state index in [4.69, 9.17) is 0 Å². The number of rotatable bonds is 19. The van der Waals surface area contributed by atoms with Crippen LogP contribution < -0.4 is 5.32 Å². The number of nitrogens with one attached hydrogen (secondary N) is 1. The summed E-state index contributed by atoms with van der Waals surface area (Å²) in [4.78, 5) is 7.47. The molecule has 1 fully saturated rings. The van der Waals surface area contributed by atoms with E-state index < -0.39 is 5.67 Å². The smallest absolute Gasteiger partial charge is 0.112 e. The standard InChI is InChI=1S/C17H36FN.C13H29N3/c1-6-10-16(11-7-2)15-19(5)14-13-17(18,9-4)12-8-3;1-4-15(5-2)9-6-13(3)12-16-10-7-14-8-11-16/h16H,6-15H2,1-5H3;13-14H,4-12H2,1-3H3. The molecule has 0 bridgehead atoms. The molecule has 4 nitrogen and oxygen atoms in total. The van der Waals surface area contributed by atoms with Gasteiger partial charge in [-0.05, 0) is 77.0 Å². The van der Waals surface area contributed by atoms with E-state index in [0.29, 0.717) is 19.3 Å². The maximum atomic E-state index is 14.5. The summed E-state index contributed by atoms with van der Waals surface area (Å²) in [5.41, 5.74) is -0.936. The van der Waals surface area contributed by atoms with Gasteiger partial charge in [0.1, 0.15) is 5.67 Å². The summed E-state index contributed by atoms with van der Waals surface area (Å²) >= 11 is 0. The van der Waals surface area contributed by atoms with Crippen molar-refractivity contribution in [3.8, 4) is 0 Å². The summed E-state index contributed by atoms with van der Waals surface area (Å²) in [6.45, 7) is 27.2. The molecule has 5 heteroatoms. The van der Waals surface area contributed by atoms with Crippen LogP contribution in [0.1, 0.15) is 106 Å². The summed E-state index contributed by atoms with van der Waals surface area (Å²) in [6.07, 6.45) is 9.48. The van der Waals surface area contributed by atoms with Crippen molar-refractivity contribution < 1.29 is 4.39 Å². The Bertz CT molecular complexity index is 448. The molecule has 0 radical (unpaired) electrons. The fraction of sp³-hybridized carbons (Fsp3) is 1.00. The normalized spacial score (nSPS) is 17.5. The molecule has 2 unspecified atom stereocenters. The molecule has 1 rings (SSSR count). The monoisotopic (exact) mass is 501 g/mol. The van der Waals surface area contributed by atoms with E-state index in [0.717, 1.165) is 31.3 Å². The molecule has 1 saturated heterocycles. The topological polar surface area (TPSA) is 21.8 Å². The van der Waals surface area contributed by atoms with Crippen molar-refractivity contribution in [2.24, 2.45) is 11.8 Å². The number of hydrogen-bond acceptors (Lipinski definition) is 4. The molecule has 35 heavy (non-hydrogen) atoms. The van der Waals surface area contributed by atoms with Crippen molar-refractivity contribution in [3.63, 3.8) is 0 Å². The molecular weight excluding hydrogens is 435 g/mol. The summed E-state index contributed by atoms with van der Waals surface area (Å²) < 4.78 is 14.5. The Hall–Kier alpha value is -0.230. The zero-order chi connectivity index (χ0) is 26.5. The van der Waals surface area contributed by atoms with E-state index in [-0.39, 0.29) is 0 Å². The van der Waals surface area contributed by atoms with Crippen LogP contribution in [0, 0.1) is 11.8 Å². The average Bonchev–Trinajstić information content (AvgIpc) is 2.85. The molecule has 0 saturated carbocycles. The van der Waals surface area contributed by atoms with Crippen molar-refractivity contribution in [2.75, 3.05) is 72.5 Å². The minimum atomic E-state index is -0.936. The van der Waals surface area contributed by atoms with Crippen molar-refractivity contribution in [1.82, 2.24) is 20.0 Å². The van der Waals surface area contributed by atoms with Gasteiger partial charge in [0.25, 0.3) is 0 Å². The second-order valence-electron chi connectivity index (χ2n) is 11.2. The van der Waals surface area contributed by atoms with Crippen LogP contribution in [0.2, 0.25) is 0 Å². The van der Waals surface area contributed by atoms with Gasteiger partial charge in [-0.1, -0.05) is 67.7 Å². The Kier molecular flexibility index (Phi) is 21.7. The first-order chi connectivity index (χ1) is 16.8. The molecule has 1 aliphatic heterocycles. The van der Waals surface area contributed by atoms with Gasteiger partial charge in [-0.15, -0.1) is 0 Å². The largest absolute Gasteiger partial charge is 0.314 e. The number of nitrogens with zero attached hydrogens (tertiary/aromatic N) is 3. The first-order valence-corrected chi connectivity index (χ1v) is 15.3. The Labute approximate surface area is 220 Å². The van der Waals surface area contributed by atoms with Crippen LogP contribution in [0.15, 0.2) is 0 Å². The van der Waals surface area contributed by atoms with Gasteiger partial charge in [0.2, 0.25) is 0 Å². The highest BCUT2D eigenvalue weighted by atomic mass is 19.1. The lowest BCUT2D eigenvalue weighted by molar-refractivity contribution is 0.108. The predicted octanol–water partition coefficient (Wildman–Crippen LogP) is 6.70. The highest BCUT2D eigenvalue weighted by Gasteiger charge is 2.26. The van der Waals surface area contributed by atoms with Crippen LogP contribution in [0.5, 0.6) is 0 Å². The quantitative estimate of drug-likeness (QED) is 0.213. The van der Waals surface area contributed by atoms with Crippen molar-refractivity contribution in [3.05, 3.63) is 0 Å². The number of alkyl halides is 1. The Morgan fingerprint density at radius 2 is 1.46 bits per heavy atom. The fourth-order valence-electron chi connectivity index (χ4n) is 5.36. The van der Waals surface area contributed by atoms with E-state index in [1.807, 2.05) is 6.92 Å². The SMILES string of the molecule is CCCC(CCC)CN(C)CCC(F)(CC)CCC.CCN(CC)CCC(C)CN1CCNCC1. The molecule has 2 atom stereocenters. The van der Waals surface area contributed by atoms with Crippen LogP contribution >= 0.6 is 0 Å². The van der Waals surface area contributed by atoms with Gasteiger partial charge in [-0.3, -0.25) is 0 Å². The van der Waals surface area contributed by atoms with E-state index in [1.165, 1.54) is 84.5 Å². The highest BCUT2D eigenvalue weighted by Crippen LogP contribution is 2.27. The Balaban J connectivity index is 0.000000669. The average molecular weight is 501 g/mol. The molecule has 0 amide bonds. The summed E-state index contributed by atoms with van der Waals surface area (Å²) in [5, 5.41) is 3.41. The van der Waals surface area contributed by atoms with E-state index >= 15 is 0 Å². The number of piperazine rings is 1. The summed E-state index contributed by atoms with van der Waals surface area (Å²) in [6, 6.07) is 0. The van der Waals surface area contributed by atoms with E-state index in [2.05, 4.69) is 68.6 Å². The first-order valence-electron chi connectivity index (χ1n) is 15.3. The third-order valence-electron chi connectivity index (χ3n) is 7.85. The van der Waals surface area contributed by atoms with Gasteiger partial charge in [0.15, 0.2) is 0 Å². The zero-order valence-electron chi connectivity index (χ0n) is 25.3. The molecule has 212 valence electrons. The molecule has 1 N–H and O–H groups in total. The van der Waals surface area contributed by atoms with Gasteiger partial charge >= 0.3 is 0 Å². The van der Waals surface area contributed by atoms with Crippen molar-refractivity contribution in [1.29, 1.82) is 0 Å². The van der Waals surface area contributed by atoms with Crippen molar-refractivity contribution in [2.45, 2.75) is 112 Å². The lowest BCUT2D eigenvalue weighted by Crippen LogP contribution is -2.45. The number of halogens is 1. The second kappa shape index (κ2) is 21.8. The van der Waals surface area contributed by atoms with Crippen LogP contribution in [0.25, 0.3) is 0 Å². The van der Waals surface area contributed by atoms with Gasteiger partial charge in [-0.25, -0.2) is 4.39 Å². The summed E-state index contributed by atoms with van der Waals surface area (Å²) in [7, 11) is 2.15. The predicted molar refractivity (Wildman–Crippen MR) is 155 cm³/mol. The third-order valence-corrected chi connectivity index (χ3v) is 7.85. The summed E-state index contributed by atoms with van der Waals surface area (Å²) in [5.74, 6) is 1.63. The van der Waals surface area contributed by atoms with Crippen LogP contribution in [-0.2, 0) is 0 Å². The van der Waals surface area contributed by atoms with Crippen LogP contribution in [-0.4, -0.2) is 92.9 Å². The van der Waals surface area contributed by atoms with Crippen LogP contribution in [0.3, 0.4) is 0 Å². The maximum absolute atomic E-state index is 14.5. The molecule has 0 aromatic rings. The van der Waals surface area contributed by atoms with Gasteiger partial charge < -0.3 is 20.0 Å². The van der Waals surface area contributed by atoms with E-state index in [9.17, 15) is 4.39 Å². The molecule has 0 spiro atoms. The van der Waals surface area contributed by atoms with Crippen LogP contribution in [0.4, 0.5) is 4.39 Å². The fourth-order valence-corrected chi connectivity index (χ4v) is 5.36. The molecule has 1 heterocycles. The Morgan fingerprint density at radius 3 is 1.94 bits per heavy atom. The Morgan fingerprint density at radius 1 is 0.857 bits per heavy atom. The van der Waals surface area contributed by atoms with Gasteiger partial charge in [0.05, 0.1) is 0 Å². The third kappa shape index (κ3) is 17.8. The molecule has 0 aliphatic carbocycles. The lowest BCUT2D eigenvalue weighted by atomic mass is 9.92. The molecular formula is C30H65FN4. The maximum Gasteiger partial charge on any atom is 0.112 e. The lowest BCUT2D eigenvalue weighted by Gasteiger charge is -2.30. The molecule has 1 aliphatic rings. The first kappa shape index (κ1) is 34.8. The van der Waals surface area contributed by atoms with Gasteiger partial charge in [-0.2, -0.15) is 0 Å². The zero-order valence-corrected chi connectivity index (χ0v) is 25.3. The minimum absolute atomic E-state index is 0.655. The minimum Gasteiger partial charge on any atom is -0.314 e. The second-order valence-corrected chi connectivity index (χ2v) is 11.2.